The minimum Gasteiger partial charge on any atom is -0.464 e. The Morgan fingerprint density at radius 3 is 2.63 bits per heavy atom. The Morgan fingerprint density at radius 2 is 1.82 bits per heavy atom. The summed E-state index contributed by atoms with van der Waals surface area (Å²) >= 11 is 0. The van der Waals surface area contributed by atoms with Crippen molar-refractivity contribution >= 4 is 28.7 Å². The zero-order valence-corrected chi connectivity index (χ0v) is 22.1. The predicted octanol–water partition coefficient (Wildman–Crippen LogP) is 3.99. The first-order valence-corrected chi connectivity index (χ1v) is 13.4. The fourth-order valence-electron chi connectivity index (χ4n) is 4.68. The van der Waals surface area contributed by atoms with Crippen molar-refractivity contribution in [1.29, 1.82) is 0 Å². The SMILES string of the molecule is CC(C)CCOC(=O)[C@H](Cc1c[nH]c2ccccc12)NC(=O)CC[C@@H](N)C(=O)Oc1ccc2c(c1)CCC2. The molecule has 0 fully saturated rings. The fraction of sp³-hybridized carbons (Fsp3) is 0.433. The van der Waals surface area contributed by atoms with Gasteiger partial charge >= 0.3 is 11.9 Å². The minimum atomic E-state index is -0.959. The maximum Gasteiger partial charge on any atom is 0.328 e. The molecule has 2 aromatic carbocycles. The number of esters is 2. The van der Waals surface area contributed by atoms with E-state index in [1.165, 1.54) is 11.1 Å². The summed E-state index contributed by atoms with van der Waals surface area (Å²) in [5, 5.41) is 3.78. The van der Waals surface area contributed by atoms with E-state index in [0.717, 1.165) is 42.1 Å². The maximum absolute atomic E-state index is 12.9. The third kappa shape index (κ3) is 7.22. The quantitative estimate of drug-likeness (QED) is 0.246. The number of aromatic nitrogens is 1. The highest BCUT2D eigenvalue weighted by Gasteiger charge is 2.25. The molecule has 38 heavy (non-hydrogen) atoms. The zero-order chi connectivity index (χ0) is 27.1. The van der Waals surface area contributed by atoms with Crippen LogP contribution in [0.2, 0.25) is 0 Å². The number of amides is 1. The van der Waals surface area contributed by atoms with E-state index in [4.69, 9.17) is 15.2 Å². The molecule has 1 aliphatic rings. The first-order valence-electron chi connectivity index (χ1n) is 13.4. The highest BCUT2D eigenvalue weighted by atomic mass is 16.5. The number of para-hydroxylation sites is 1. The van der Waals surface area contributed by atoms with Crippen molar-refractivity contribution in [2.45, 2.75) is 70.9 Å². The summed E-state index contributed by atoms with van der Waals surface area (Å²) in [5.74, 6) is -0.582. The number of H-pyrrole nitrogens is 1. The van der Waals surface area contributed by atoms with Gasteiger partial charge in [0.05, 0.1) is 6.61 Å². The van der Waals surface area contributed by atoms with E-state index in [0.29, 0.717) is 11.7 Å². The van der Waals surface area contributed by atoms with Gasteiger partial charge in [-0.25, -0.2) is 9.59 Å². The van der Waals surface area contributed by atoms with E-state index >= 15 is 0 Å². The van der Waals surface area contributed by atoms with E-state index in [1.54, 1.807) is 6.07 Å². The van der Waals surface area contributed by atoms with Gasteiger partial charge < -0.3 is 25.5 Å². The van der Waals surface area contributed by atoms with Gasteiger partial charge in [-0.2, -0.15) is 0 Å². The van der Waals surface area contributed by atoms with Gasteiger partial charge in [0.15, 0.2) is 0 Å². The number of nitrogens with one attached hydrogen (secondary N) is 2. The zero-order valence-electron chi connectivity index (χ0n) is 22.1. The van der Waals surface area contributed by atoms with Crippen molar-refractivity contribution in [1.82, 2.24) is 10.3 Å². The standard InChI is InChI=1S/C30H37N3O5/c1-19(2)14-15-37-30(36)27(17-22-18-32-26-9-4-3-8-24(22)26)33-28(34)13-12-25(31)29(35)38-23-11-10-20-6-5-7-21(20)16-23/h3-4,8-11,16,18-19,25,27,32H,5-7,12-15,17,31H2,1-2H3,(H,33,34)/t25-,27+/m1/s1. The molecule has 1 aliphatic carbocycles. The van der Waals surface area contributed by atoms with E-state index in [-0.39, 0.29) is 31.8 Å². The molecule has 0 radical (unpaired) electrons. The minimum absolute atomic E-state index is 0.0237. The molecule has 1 heterocycles. The second kappa shape index (κ2) is 12.7. The van der Waals surface area contributed by atoms with Gasteiger partial charge in [-0.1, -0.05) is 38.1 Å². The lowest BCUT2D eigenvalue weighted by molar-refractivity contribution is -0.148. The van der Waals surface area contributed by atoms with Gasteiger partial charge in [-0.05, 0) is 72.9 Å². The Bertz CT molecular complexity index is 1280. The van der Waals surface area contributed by atoms with Crippen LogP contribution in [0.3, 0.4) is 0 Å². The molecular formula is C30H37N3O5. The van der Waals surface area contributed by atoms with Gasteiger partial charge in [0, 0.05) is 29.9 Å². The molecule has 2 atom stereocenters. The Kier molecular flexibility index (Phi) is 9.18. The monoisotopic (exact) mass is 519 g/mol. The number of carbonyl (C=O) groups is 3. The lowest BCUT2D eigenvalue weighted by Crippen LogP contribution is -2.44. The number of benzene rings is 2. The number of aryl methyl sites for hydroxylation is 2. The molecule has 8 heteroatoms. The first-order chi connectivity index (χ1) is 18.3. The van der Waals surface area contributed by atoms with Crippen LogP contribution >= 0.6 is 0 Å². The molecule has 0 saturated heterocycles. The average molecular weight is 520 g/mol. The number of nitrogens with two attached hydrogens (primary N) is 1. The molecule has 0 spiro atoms. The van der Waals surface area contributed by atoms with Crippen LogP contribution in [0.5, 0.6) is 5.75 Å². The third-order valence-corrected chi connectivity index (χ3v) is 6.93. The fourth-order valence-corrected chi connectivity index (χ4v) is 4.68. The van der Waals surface area contributed by atoms with Crippen LogP contribution in [-0.2, 0) is 38.4 Å². The number of aromatic amines is 1. The smallest absolute Gasteiger partial charge is 0.328 e. The molecule has 4 N–H and O–H groups in total. The van der Waals surface area contributed by atoms with Crippen molar-refractivity contribution in [3.05, 3.63) is 65.4 Å². The molecule has 1 aromatic heterocycles. The summed E-state index contributed by atoms with van der Waals surface area (Å²) in [6, 6.07) is 11.6. The van der Waals surface area contributed by atoms with Crippen LogP contribution in [0.1, 0.15) is 56.2 Å². The molecule has 8 nitrogen and oxygen atoms in total. The largest absolute Gasteiger partial charge is 0.464 e. The lowest BCUT2D eigenvalue weighted by atomic mass is 10.0. The second-order valence-corrected chi connectivity index (χ2v) is 10.4. The molecule has 0 aliphatic heterocycles. The Balaban J connectivity index is 1.33. The van der Waals surface area contributed by atoms with Crippen LogP contribution in [0.4, 0.5) is 0 Å². The van der Waals surface area contributed by atoms with E-state index < -0.39 is 24.0 Å². The number of ether oxygens (including phenoxy) is 2. The summed E-state index contributed by atoms with van der Waals surface area (Å²) in [5.41, 5.74) is 10.4. The van der Waals surface area contributed by atoms with E-state index in [2.05, 4.69) is 24.1 Å². The normalized spacial score (nSPS) is 14.2. The molecule has 0 saturated carbocycles. The van der Waals surface area contributed by atoms with Crippen molar-refractivity contribution in [2.75, 3.05) is 6.61 Å². The first kappa shape index (κ1) is 27.4. The molecule has 4 rings (SSSR count). The van der Waals surface area contributed by atoms with Crippen LogP contribution < -0.4 is 15.8 Å². The highest BCUT2D eigenvalue weighted by Crippen LogP contribution is 2.26. The summed E-state index contributed by atoms with van der Waals surface area (Å²) < 4.78 is 10.9. The number of rotatable bonds is 12. The third-order valence-electron chi connectivity index (χ3n) is 6.93. The van der Waals surface area contributed by atoms with Crippen molar-refractivity contribution in [3.8, 4) is 5.75 Å². The van der Waals surface area contributed by atoms with Gasteiger partial charge in [-0.3, -0.25) is 4.79 Å². The highest BCUT2D eigenvalue weighted by molar-refractivity contribution is 5.87. The summed E-state index contributed by atoms with van der Waals surface area (Å²) in [4.78, 5) is 41.4. The molecule has 0 unspecified atom stereocenters. The van der Waals surface area contributed by atoms with Gasteiger partial charge in [-0.15, -0.1) is 0 Å². The Labute approximate surface area is 223 Å². The van der Waals surface area contributed by atoms with E-state index in [1.807, 2.05) is 42.6 Å². The van der Waals surface area contributed by atoms with Gasteiger partial charge in [0.25, 0.3) is 0 Å². The van der Waals surface area contributed by atoms with Crippen molar-refractivity contribution in [3.63, 3.8) is 0 Å². The molecule has 202 valence electrons. The van der Waals surface area contributed by atoms with Crippen molar-refractivity contribution < 1.29 is 23.9 Å². The van der Waals surface area contributed by atoms with E-state index in [9.17, 15) is 14.4 Å². The molecule has 0 bridgehead atoms. The van der Waals surface area contributed by atoms with Crippen LogP contribution in [0, 0.1) is 5.92 Å². The van der Waals surface area contributed by atoms with Crippen molar-refractivity contribution in [2.24, 2.45) is 11.7 Å². The average Bonchev–Trinajstić information content (AvgIpc) is 3.53. The van der Waals surface area contributed by atoms with Crippen LogP contribution in [-0.4, -0.2) is 41.5 Å². The molecule has 1 amide bonds. The number of fused-ring (bicyclic) bond motifs is 2. The van der Waals surface area contributed by atoms with Crippen LogP contribution in [0.25, 0.3) is 10.9 Å². The molecule has 3 aromatic rings. The van der Waals surface area contributed by atoms with Gasteiger partial charge in [0.1, 0.15) is 17.8 Å². The summed E-state index contributed by atoms with van der Waals surface area (Å²) in [6.07, 6.45) is 6.06. The van der Waals surface area contributed by atoms with Gasteiger partial charge in [0.2, 0.25) is 5.91 Å². The Hall–Kier alpha value is -3.65. The topological polar surface area (TPSA) is 124 Å². The number of hydrogen-bond donors (Lipinski definition) is 3. The lowest BCUT2D eigenvalue weighted by Gasteiger charge is -2.19. The molecular weight excluding hydrogens is 482 g/mol. The summed E-state index contributed by atoms with van der Waals surface area (Å²) in [6.45, 7) is 4.39. The second-order valence-electron chi connectivity index (χ2n) is 10.4. The van der Waals surface area contributed by atoms with Crippen LogP contribution in [0.15, 0.2) is 48.7 Å². The Morgan fingerprint density at radius 1 is 1.03 bits per heavy atom. The summed E-state index contributed by atoms with van der Waals surface area (Å²) in [7, 11) is 0. The predicted molar refractivity (Wildman–Crippen MR) is 146 cm³/mol. The number of carbonyl (C=O) groups excluding carboxylic acids is 3. The number of hydrogen-bond acceptors (Lipinski definition) is 6. The maximum atomic E-state index is 12.9.